The molecule has 2 heterocycles. The number of para-hydroxylation sites is 1. The van der Waals surface area contributed by atoms with Crippen LogP contribution in [0.2, 0.25) is 0 Å². The Morgan fingerprint density at radius 1 is 1.04 bits per heavy atom. The van der Waals surface area contributed by atoms with Crippen LogP contribution in [0, 0.1) is 0 Å². The quantitative estimate of drug-likeness (QED) is 0.689. The van der Waals surface area contributed by atoms with Crippen molar-refractivity contribution in [1.29, 1.82) is 0 Å². The van der Waals surface area contributed by atoms with Crippen LogP contribution in [0.15, 0.2) is 66.9 Å². The number of pyridine rings is 1. The first kappa shape index (κ1) is 18.0. The van der Waals surface area contributed by atoms with Crippen molar-refractivity contribution in [1.82, 2.24) is 4.98 Å². The summed E-state index contributed by atoms with van der Waals surface area (Å²) in [6, 6.07) is 16.0. The summed E-state index contributed by atoms with van der Waals surface area (Å²) in [6.45, 7) is 0.790. The van der Waals surface area contributed by atoms with E-state index in [-0.39, 0.29) is 11.4 Å². The number of nitrogens with zero attached hydrogens (tertiary/aromatic N) is 2. The van der Waals surface area contributed by atoms with Gasteiger partial charge >= 0.3 is 6.18 Å². The molecule has 0 bridgehead atoms. The number of nitrogens with one attached hydrogen (secondary N) is 1. The highest BCUT2D eigenvalue weighted by Crippen LogP contribution is 2.34. The Balaban J connectivity index is 1.56. The molecule has 1 aromatic heterocycles. The fraction of sp³-hybridized carbons (Fsp3) is 0.143. The van der Waals surface area contributed by atoms with Gasteiger partial charge in [-0.1, -0.05) is 24.3 Å². The van der Waals surface area contributed by atoms with Crippen LogP contribution in [-0.4, -0.2) is 17.4 Å². The maximum Gasteiger partial charge on any atom is 0.416 e. The minimum atomic E-state index is -4.47. The van der Waals surface area contributed by atoms with Crippen LogP contribution in [-0.2, 0) is 12.6 Å². The molecule has 0 fully saturated rings. The summed E-state index contributed by atoms with van der Waals surface area (Å²) in [4.78, 5) is 18.7. The lowest BCUT2D eigenvalue weighted by atomic mass is 10.2. The second kappa shape index (κ2) is 6.99. The van der Waals surface area contributed by atoms with Gasteiger partial charge < -0.3 is 10.2 Å². The van der Waals surface area contributed by atoms with Gasteiger partial charge in [0.1, 0.15) is 5.69 Å². The predicted octanol–water partition coefficient (Wildman–Crippen LogP) is 5.05. The van der Waals surface area contributed by atoms with Gasteiger partial charge in [0.15, 0.2) is 0 Å². The number of fused-ring (bicyclic) bond motifs is 1. The van der Waals surface area contributed by atoms with Gasteiger partial charge in [0.05, 0.1) is 5.56 Å². The topological polar surface area (TPSA) is 45.2 Å². The molecule has 28 heavy (non-hydrogen) atoms. The van der Waals surface area contributed by atoms with Crippen molar-refractivity contribution < 1.29 is 18.0 Å². The van der Waals surface area contributed by atoms with Crippen LogP contribution in [0.4, 0.5) is 30.2 Å². The standard InChI is InChI=1S/C21H16F3N3O/c22-21(23,24)15-5-3-6-16(12-15)26-20(28)18-13-17(8-10-25-18)27-11-9-14-4-1-2-7-19(14)27/h1-8,10,12-13H,9,11H2,(H,26,28). The van der Waals surface area contributed by atoms with Crippen LogP contribution in [0.1, 0.15) is 21.6 Å². The van der Waals surface area contributed by atoms with E-state index in [0.717, 1.165) is 36.5 Å². The molecule has 0 unspecified atom stereocenters. The van der Waals surface area contributed by atoms with Crippen LogP contribution in [0.3, 0.4) is 0 Å². The lowest BCUT2D eigenvalue weighted by Crippen LogP contribution is -2.17. The van der Waals surface area contributed by atoms with Crippen molar-refractivity contribution in [2.75, 3.05) is 16.8 Å². The van der Waals surface area contributed by atoms with Crippen molar-refractivity contribution in [3.63, 3.8) is 0 Å². The molecule has 7 heteroatoms. The molecular formula is C21H16F3N3O. The Morgan fingerprint density at radius 3 is 2.68 bits per heavy atom. The zero-order valence-corrected chi connectivity index (χ0v) is 14.7. The molecule has 3 aromatic rings. The first-order valence-electron chi connectivity index (χ1n) is 8.72. The molecule has 0 saturated carbocycles. The summed E-state index contributed by atoms with van der Waals surface area (Å²) in [7, 11) is 0. The second-order valence-corrected chi connectivity index (χ2v) is 6.46. The molecule has 4 rings (SSSR count). The highest BCUT2D eigenvalue weighted by Gasteiger charge is 2.30. The summed E-state index contributed by atoms with van der Waals surface area (Å²) >= 11 is 0. The Morgan fingerprint density at radius 2 is 1.86 bits per heavy atom. The third kappa shape index (κ3) is 3.55. The molecule has 1 aliphatic heterocycles. The maximum atomic E-state index is 12.8. The van der Waals surface area contributed by atoms with Gasteiger partial charge in [-0.15, -0.1) is 0 Å². The second-order valence-electron chi connectivity index (χ2n) is 6.46. The lowest BCUT2D eigenvalue weighted by molar-refractivity contribution is -0.137. The number of benzene rings is 2. The molecule has 0 spiro atoms. The van der Waals surface area contributed by atoms with E-state index in [9.17, 15) is 18.0 Å². The minimum Gasteiger partial charge on any atom is -0.341 e. The first-order valence-corrected chi connectivity index (χ1v) is 8.72. The number of carbonyl (C=O) groups excluding carboxylic acids is 1. The number of hydrogen-bond acceptors (Lipinski definition) is 3. The minimum absolute atomic E-state index is 0.0681. The molecule has 0 atom stereocenters. The molecule has 1 aliphatic rings. The number of carbonyl (C=O) groups is 1. The summed E-state index contributed by atoms with van der Waals surface area (Å²) in [6.07, 6.45) is -2.04. The van der Waals surface area contributed by atoms with Crippen LogP contribution < -0.4 is 10.2 Å². The van der Waals surface area contributed by atoms with Gasteiger partial charge in [-0.25, -0.2) is 0 Å². The normalized spacial score (nSPS) is 13.3. The smallest absolute Gasteiger partial charge is 0.341 e. The van der Waals surface area contributed by atoms with Crippen LogP contribution in [0.5, 0.6) is 0 Å². The number of rotatable bonds is 3. The van der Waals surface area contributed by atoms with E-state index in [2.05, 4.69) is 21.3 Å². The van der Waals surface area contributed by atoms with Crippen LogP contribution in [0.25, 0.3) is 0 Å². The van der Waals surface area contributed by atoms with Gasteiger partial charge in [0.2, 0.25) is 0 Å². The Bertz CT molecular complexity index is 1030. The van der Waals surface area contributed by atoms with Crippen LogP contribution >= 0.6 is 0 Å². The molecule has 142 valence electrons. The number of halogens is 3. The van der Waals surface area contributed by atoms with E-state index in [1.165, 1.54) is 23.9 Å². The highest BCUT2D eigenvalue weighted by atomic mass is 19.4. The third-order valence-electron chi connectivity index (χ3n) is 4.62. The largest absolute Gasteiger partial charge is 0.416 e. The summed E-state index contributed by atoms with van der Waals surface area (Å²) < 4.78 is 38.5. The van der Waals surface area contributed by atoms with Crippen molar-refractivity contribution in [2.45, 2.75) is 12.6 Å². The van der Waals surface area contributed by atoms with E-state index in [1.807, 2.05) is 24.3 Å². The first-order chi connectivity index (χ1) is 13.4. The van der Waals surface area contributed by atoms with Gasteiger partial charge in [-0.3, -0.25) is 9.78 Å². The van der Waals surface area contributed by atoms with Gasteiger partial charge in [-0.05, 0) is 48.4 Å². The average Bonchev–Trinajstić information content (AvgIpc) is 3.12. The molecule has 2 aromatic carbocycles. The van der Waals surface area contributed by atoms with Crippen molar-refractivity contribution in [3.8, 4) is 0 Å². The third-order valence-corrected chi connectivity index (χ3v) is 4.62. The van der Waals surface area contributed by atoms with E-state index in [4.69, 9.17) is 0 Å². The Kier molecular flexibility index (Phi) is 4.50. The van der Waals surface area contributed by atoms with E-state index < -0.39 is 17.6 Å². The zero-order valence-electron chi connectivity index (χ0n) is 14.7. The van der Waals surface area contributed by atoms with Gasteiger partial charge in [0.25, 0.3) is 5.91 Å². The molecule has 1 N–H and O–H groups in total. The lowest BCUT2D eigenvalue weighted by Gasteiger charge is -2.20. The van der Waals surface area contributed by atoms with E-state index >= 15 is 0 Å². The fourth-order valence-corrected chi connectivity index (χ4v) is 3.29. The van der Waals surface area contributed by atoms with Gasteiger partial charge in [-0.2, -0.15) is 13.2 Å². The average molecular weight is 383 g/mol. The SMILES string of the molecule is O=C(Nc1cccc(C(F)(F)F)c1)c1cc(N2CCc3ccccc32)ccn1. The summed E-state index contributed by atoms with van der Waals surface area (Å²) in [5.74, 6) is -0.561. The van der Waals surface area contributed by atoms with E-state index in [1.54, 1.807) is 6.07 Å². The Hall–Kier alpha value is -3.35. The molecule has 0 aliphatic carbocycles. The Labute approximate surface area is 159 Å². The fourth-order valence-electron chi connectivity index (χ4n) is 3.29. The molecule has 1 amide bonds. The molecule has 0 radical (unpaired) electrons. The monoisotopic (exact) mass is 383 g/mol. The summed E-state index contributed by atoms with van der Waals surface area (Å²) in [5, 5.41) is 2.49. The van der Waals surface area contributed by atoms with Crippen molar-refractivity contribution in [3.05, 3.63) is 83.7 Å². The van der Waals surface area contributed by atoms with Gasteiger partial charge in [0, 0.05) is 29.8 Å². The molecule has 0 saturated heterocycles. The molecule has 4 nitrogen and oxygen atoms in total. The number of amides is 1. The molecular weight excluding hydrogens is 367 g/mol. The highest BCUT2D eigenvalue weighted by molar-refractivity contribution is 6.03. The number of hydrogen-bond donors (Lipinski definition) is 1. The maximum absolute atomic E-state index is 12.8. The number of aromatic nitrogens is 1. The number of alkyl halides is 3. The van der Waals surface area contributed by atoms with Crippen molar-refractivity contribution in [2.24, 2.45) is 0 Å². The zero-order chi connectivity index (χ0) is 19.7. The van der Waals surface area contributed by atoms with E-state index in [0.29, 0.717) is 0 Å². The predicted molar refractivity (Wildman–Crippen MR) is 101 cm³/mol. The number of anilines is 3. The van der Waals surface area contributed by atoms with Crippen molar-refractivity contribution >= 4 is 23.0 Å². The summed E-state index contributed by atoms with van der Waals surface area (Å²) in [5.41, 5.74) is 2.51.